The monoisotopic (exact) mass is 381 g/mol. The highest BCUT2D eigenvalue weighted by molar-refractivity contribution is 5.94. The summed E-state index contributed by atoms with van der Waals surface area (Å²) in [7, 11) is 3.06. The lowest BCUT2D eigenvalue weighted by atomic mass is 10.1. The summed E-state index contributed by atoms with van der Waals surface area (Å²) in [5.41, 5.74) is 1.34. The van der Waals surface area contributed by atoms with Gasteiger partial charge in [0.15, 0.2) is 11.5 Å². The Labute approximate surface area is 162 Å². The third-order valence-electron chi connectivity index (χ3n) is 4.05. The van der Waals surface area contributed by atoms with Crippen LogP contribution >= 0.6 is 0 Å². The maximum atomic E-state index is 13.0. The van der Waals surface area contributed by atoms with E-state index in [9.17, 15) is 9.18 Å². The number of rotatable bonds is 7. The highest BCUT2D eigenvalue weighted by Gasteiger charge is 2.10. The van der Waals surface area contributed by atoms with Gasteiger partial charge in [-0.05, 0) is 60.2 Å². The predicted molar refractivity (Wildman–Crippen MR) is 104 cm³/mol. The van der Waals surface area contributed by atoms with E-state index in [0.29, 0.717) is 35.1 Å². The molecular weight excluding hydrogens is 361 g/mol. The van der Waals surface area contributed by atoms with Gasteiger partial charge in [-0.2, -0.15) is 0 Å². The molecule has 3 aromatic carbocycles. The lowest BCUT2D eigenvalue weighted by molar-refractivity contribution is 0.0950. The molecule has 1 amide bonds. The molecule has 1 N–H and O–H groups in total. The summed E-state index contributed by atoms with van der Waals surface area (Å²) in [4.78, 5) is 12.4. The van der Waals surface area contributed by atoms with Gasteiger partial charge < -0.3 is 19.5 Å². The number of carbonyl (C=O) groups is 1. The van der Waals surface area contributed by atoms with E-state index < -0.39 is 0 Å². The smallest absolute Gasteiger partial charge is 0.251 e. The van der Waals surface area contributed by atoms with Crippen LogP contribution in [0.15, 0.2) is 66.7 Å². The van der Waals surface area contributed by atoms with Crippen molar-refractivity contribution in [1.82, 2.24) is 5.32 Å². The minimum absolute atomic E-state index is 0.231. The van der Waals surface area contributed by atoms with Gasteiger partial charge in [-0.25, -0.2) is 4.39 Å². The number of hydrogen-bond donors (Lipinski definition) is 1. The molecule has 28 heavy (non-hydrogen) atoms. The van der Waals surface area contributed by atoms with Crippen LogP contribution < -0.4 is 19.5 Å². The first-order chi connectivity index (χ1) is 13.6. The molecule has 144 valence electrons. The molecule has 0 aliphatic carbocycles. The largest absolute Gasteiger partial charge is 0.493 e. The average molecular weight is 381 g/mol. The second-order valence-electron chi connectivity index (χ2n) is 5.96. The SMILES string of the molecule is COc1ccc(C(=O)NCc2cccc(Oc3ccc(F)cc3)c2)cc1OC. The first kappa shape index (κ1) is 19.2. The van der Waals surface area contributed by atoms with Crippen LogP contribution in [0.3, 0.4) is 0 Å². The lowest BCUT2D eigenvalue weighted by Gasteiger charge is -2.11. The molecule has 5 nitrogen and oxygen atoms in total. The predicted octanol–water partition coefficient (Wildman–Crippen LogP) is 4.57. The van der Waals surface area contributed by atoms with E-state index in [0.717, 1.165) is 5.56 Å². The van der Waals surface area contributed by atoms with Gasteiger partial charge in [0.25, 0.3) is 5.91 Å². The first-order valence-electron chi connectivity index (χ1n) is 8.61. The number of halogens is 1. The Morgan fingerprint density at radius 3 is 2.36 bits per heavy atom. The van der Waals surface area contributed by atoms with Crippen LogP contribution in [0.5, 0.6) is 23.0 Å². The topological polar surface area (TPSA) is 56.8 Å². The van der Waals surface area contributed by atoms with Crippen molar-refractivity contribution in [3.63, 3.8) is 0 Å². The van der Waals surface area contributed by atoms with Crippen molar-refractivity contribution in [3.8, 4) is 23.0 Å². The molecule has 0 aliphatic heterocycles. The van der Waals surface area contributed by atoms with Crippen molar-refractivity contribution in [3.05, 3.63) is 83.7 Å². The van der Waals surface area contributed by atoms with E-state index in [-0.39, 0.29) is 11.7 Å². The number of benzene rings is 3. The van der Waals surface area contributed by atoms with E-state index in [1.165, 1.54) is 19.2 Å². The normalized spacial score (nSPS) is 10.2. The van der Waals surface area contributed by atoms with Crippen molar-refractivity contribution < 1.29 is 23.4 Å². The van der Waals surface area contributed by atoms with Gasteiger partial charge in [-0.3, -0.25) is 4.79 Å². The van der Waals surface area contributed by atoms with E-state index in [4.69, 9.17) is 14.2 Å². The number of hydrogen-bond acceptors (Lipinski definition) is 4. The van der Waals surface area contributed by atoms with E-state index in [2.05, 4.69) is 5.32 Å². The van der Waals surface area contributed by atoms with E-state index in [1.54, 1.807) is 43.5 Å². The molecule has 0 spiro atoms. The van der Waals surface area contributed by atoms with Gasteiger partial charge in [-0.15, -0.1) is 0 Å². The molecule has 0 unspecified atom stereocenters. The average Bonchev–Trinajstić information content (AvgIpc) is 2.73. The van der Waals surface area contributed by atoms with Gasteiger partial charge in [0.2, 0.25) is 0 Å². The van der Waals surface area contributed by atoms with Crippen LogP contribution in [0, 0.1) is 5.82 Å². The zero-order chi connectivity index (χ0) is 19.9. The lowest BCUT2D eigenvalue weighted by Crippen LogP contribution is -2.22. The summed E-state index contributed by atoms with van der Waals surface area (Å²) in [5, 5.41) is 2.86. The Morgan fingerprint density at radius 1 is 0.893 bits per heavy atom. The molecule has 0 fully saturated rings. The zero-order valence-corrected chi connectivity index (χ0v) is 15.6. The van der Waals surface area contributed by atoms with Crippen LogP contribution in [0.4, 0.5) is 4.39 Å². The van der Waals surface area contributed by atoms with Crippen molar-refractivity contribution in [2.75, 3.05) is 14.2 Å². The van der Waals surface area contributed by atoms with Gasteiger partial charge in [-0.1, -0.05) is 12.1 Å². The van der Waals surface area contributed by atoms with Crippen molar-refractivity contribution in [2.45, 2.75) is 6.54 Å². The Hall–Kier alpha value is -3.54. The molecule has 0 aliphatic rings. The molecule has 0 aromatic heterocycles. The van der Waals surface area contributed by atoms with Crippen molar-refractivity contribution in [2.24, 2.45) is 0 Å². The standard InChI is InChI=1S/C22H20FNO4/c1-26-20-11-6-16(13-21(20)27-2)22(25)24-14-15-4-3-5-19(12-15)28-18-9-7-17(23)8-10-18/h3-13H,14H2,1-2H3,(H,24,25). The van der Waals surface area contributed by atoms with Crippen LogP contribution in [0.1, 0.15) is 15.9 Å². The number of ether oxygens (including phenoxy) is 3. The molecule has 6 heteroatoms. The summed E-state index contributed by atoms with van der Waals surface area (Å²) in [5.74, 6) is 1.64. The van der Waals surface area contributed by atoms with Crippen molar-refractivity contribution in [1.29, 1.82) is 0 Å². The molecule has 0 saturated carbocycles. The number of nitrogens with one attached hydrogen (secondary N) is 1. The minimum atomic E-state index is -0.320. The minimum Gasteiger partial charge on any atom is -0.493 e. The number of amides is 1. The fraction of sp³-hybridized carbons (Fsp3) is 0.136. The number of carbonyl (C=O) groups excluding carboxylic acids is 1. The molecule has 0 bridgehead atoms. The fourth-order valence-corrected chi connectivity index (χ4v) is 2.62. The van der Waals surface area contributed by atoms with Crippen molar-refractivity contribution >= 4 is 5.91 Å². The summed E-state index contributed by atoms with van der Waals surface area (Å²) in [6.45, 7) is 0.327. The maximum Gasteiger partial charge on any atom is 0.251 e. The molecule has 0 radical (unpaired) electrons. The second kappa shape index (κ2) is 8.90. The Balaban J connectivity index is 1.64. The Kier molecular flexibility index (Phi) is 6.11. The summed E-state index contributed by atoms with van der Waals surface area (Å²) in [6, 6.07) is 18.1. The third-order valence-corrected chi connectivity index (χ3v) is 4.05. The Bertz CT molecular complexity index is 957. The number of methoxy groups -OCH3 is 2. The summed E-state index contributed by atoms with van der Waals surface area (Å²) >= 11 is 0. The highest BCUT2D eigenvalue weighted by atomic mass is 19.1. The van der Waals surface area contributed by atoms with Crippen LogP contribution in [0.25, 0.3) is 0 Å². The fourth-order valence-electron chi connectivity index (χ4n) is 2.62. The van der Waals surface area contributed by atoms with E-state index >= 15 is 0 Å². The van der Waals surface area contributed by atoms with Gasteiger partial charge in [0, 0.05) is 12.1 Å². The van der Waals surface area contributed by atoms with E-state index in [1.807, 2.05) is 18.2 Å². The van der Waals surface area contributed by atoms with Crippen LogP contribution in [-0.4, -0.2) is 20.1 Å². The molecule has 0 saturated heterocycles. The maximum absolute atomic E-state index is 13.0. The molecule has 3 aromatic rings. The zero-order valence-electron chi connectivity index (χ0n) is 15.6. The summed E-state index contributed by atoms with van der Waals surface area (Å²) < 4.78 is 29.1. The Morgan fingerprint density at radius 2 is 1.64 bits per heavy atom. The first-order valence-corrected chi connectivity index (χ1v) is 8.61. The van der Waals surface area contributed by atoms with Crippen LogP contribution in [0.2, 0.25) is 0 Å². The molecule has 0 heterocycles. The third kappa shape index (κ3) is 4.79. The molecule has 0 atom stereocenters. The molecular formula is C22H20FNO4. The van der Waals surface area contributed by atoms with Crippen LogP contribution in [-0.2, 0) is 6.54 Å². The molecule has 3 rings (SSSR count). The quantitative estimate of drug-likeness (QED) is 0.652. The van der Waals surface area contributed by atoms with Gasteiger partial charge >= 0.3 is 0 Å². The second-order valence-corrected chi connectivity index (χ2v) is 5.96. The summed E-state index contributed by atoms with van der Waals surface area (Å²) in [6.07, 6.45) is 0. The van der Waals surface area contributed by atoms with Gasteiger partial charge in [0.1, 0.15) is 17.3 Å². The van der Waals surface area contributed by atoms with Gasteiger partial charge in [0.05, 0.1) is 14.2 Å². The highest BCUT2D eigenvalue weighted by Crippen LogP contribution is 2.27.